The molecular weight excluding hydrogens is 472 g/mol. The van der Waals surface area contributed by atoms with Gasteiger partial charge in [-0.25, -0.2) is 9.97 Å². The van der Waals surface area contributed by atoms with E-state index in [2.05, 4.69) is 37.4 Å². The molecule has 0 bridgehead atoms. The lowest BCUT2D eigenvalue weighted by Gasteiger charge is -2.31. The highest BCUT2D eigenvalue weighted by atomic mass is 35.5. The number of carbonyl (C=O) groups is 2. The van der Waals surface area contributed by atoms with Gasteiger partial charge >= 0.3 is 0 Å². The second kappa shape index (κ2) is 11.3. The lowest BCUT2D eigenvalue weighted by Crippen LogP contribution is -2.44. The minimum atomic E-state index is -0.282. The Morgan fingerprint density at radius 1 is 1.15 bits per heavy atom. The molecule has 10 heteroatoms. The van der Waals surface area contributed by atoms with Crippen LogP contribution in [0.4, 0.5) is 16.6 Å². The number of allylic oxidation sites excluding steroid dienone is 1. The predicted molar refractivity (Wildman–Crippen MR) is 136 cm³/mol. The lowest BCUT2D eigenvalue weighted by molar-refractivity contribution is 0.102. The van der Waals surface area contributed by atoms with Gasteiger partial charge in [-0.05, 0) is 43.5 Å². The third-order valence-electron chi connectivity index (χ3n) is 5.28. The van der Waals surface area contributed by atoms with Gasteiger partial charge in [0.25, 0.3) is 5.91 Å². The highest BCUT2D eigenvalue weighted by molar-refractivity contribution is 7.17. The fourth-order valence-electron chi connectivity index (χ4n) is 3.37. The Morgan fingerprint density at radius 3 is 2.74 bits per heavy atom. The molecule has 1 aliphatic heterocycles. The number of likely N-dealkylation sites (N-methyl/N-ethyl adjacent to an activating group) is 1. The number of thiazole rings is 1. The van der Waals surface area contributed by atoms with E-state index in [0.29, 0.717) is 32.2 Å². The van der Waals surface area contributed by atoms with Gasteiger partial charge < -0.3 is 15.5 Å². The summed E-state index contributed by atoms with van der Waals surface area (Å²) in [6.07, 6.45) is 4.95. The van der Waals surface area contributed by atoms with Gasteiger partial charge in [0.2, 0.25) is 5.78 Å². The number of rotatable bonds is 8. The van der Waals surface area contributed by atoms with Crippen LogP contribution in [-0.2, 0) is 0 Å². The Morgan fingerprint density at radius 2 is 1.94 bits per heavy atom. The van der Waals surface area contributed by atoms with Crippen molar-refractivity contribution in [2.24, 2.45) is 0 Å². The Bertz CT molecular complexity index is 1190. The number of pyridine rings is 1. The van der Waals surface area contributed by atoms with Crippen LogP contribution in [0.15, 0.2) is 60.8 Å². The van der Waals surface area contributed by atoms with E-state index in [-0.39, 0.29) is 11.7 Å². The van der Waals surface area contributed by atoms with E-state index in [4.69, 9.17) is 11.6 Å². The average molecular weight is 497 g/mol. The zero-order chi connectivity index (χ0) is 23.9. The van der Waals surface area contributed by atoms with Gasteiger partial charge in [-0.1, -0.05) is 41.1 Å². The van der Waals surface area contributed by atoms with Crippen molar-refractivity contribution in [1.29, 1.82) is 0 Å². The fourth-order valence-corrected chi connectivity index (χ4v) is 4.28. The molecule has 1 fully saturated rings. The highest BCUT2D eigenvalue weighted by Crippen LogP contribution is 2.23. The molecule has 3 aromatic rings. The third kappa shape index (κ3) is 6.71. The van der Waals surface area contributed by atoms with E-state index in [9.17, 15) is 9.59 Å². The van der Waals surface area contributed by atoms with Crippen molar-refractivity contribution in [2.45, 2.75) is 0 Å². The summed E-state index contributed by atoms with van der Waals surface area (Å²) in [5.74, 6) is 0.0446. The summed E-state index contributed by atoms with van der Waals surface area (Å²) in [6.45, 7) is 4.82. The van der Waals surface area contributed by atoms with Gasteiger partial charge in [-0.2, -0.15) is 0 Å². The average Bonchev–Trinajstić information content (AvgIpc) is 3.29. The number of nitrogens with one attached hydrogen (secondary N) is 2. The first kappa shape index (κ1) is 24.0. The Kier molecular flexibility index (Phi) is 8.02. The Hall–Kier alpha value is -3.11. The van der Waals surface area contributed by atoms with Crippen LogP contribution in [0.3, 0.4) is 0 Å². The third-order valence-corrected chi connectivity index (χ3v) is 6.42. The topological polar surface area (TPSA) is 90.5 Å². The molecule has 8 nitrogen and oxygen atoms in total. The van der Waals surface area contributed by atoms with E-state index >= 15 is 0 Å². The number of anilines is 3. The van der Waals surface area contributed by atoms with Crippen molar-refractivity contribution < 1.29 is 9.59 Å². The molecule has 0 radical (unpaired) electrons. The normalized spacial score (nSPS) is 14.9. The minimum Gasteiger partial charge on any atom is -0.321 e. The molecule has 1 amide bonds. The first-order chi connectivity index (χ1) is 16.5. The van der Waals surface area contributed by atoms with Crippen LogP contribution in [0.5, 0.6) is 0 Å². The van der Waals surface area contributed by atoms with E-state index < -0.39 is 0 Å². The summed E-state index contributed by atoms with van der Waals surface area (Å²) in [7, 11) is 2.12. The molecular formula is C24H25ClN6O2S. The summed E-state index contributed by atoms with van der Waals surface area (Å²) in [6, 6.07) is 12.1. The second-order valence-electron chi connectivity index (χ2n) is 7.90. The lowest BCUT2D eigenvalue weighted by atomic mass is 10.2. The zero-order valence-corrected chi connectivity index (χ0v) is 20.3. The molecule has 1 aromatic carbocycles. The molecule has 176 valence electrons. The first-order valence-electron chi connectivity index (χ1n) is 10.8. The fraction of sp³-hybridized carbons (Fsp3) is 0.250. The first-order valence-corrected chi connectivity index (χ1v) is 12.0. The number of nitrogens with zero attached hydrogens (tertiary/aromatic N) is 4. The number of benzene rings is 1. The van der Waals surface area contributed by atoms with Crippen LogP contribution in [-0.4, -0.2) is 71.2 Å². The number of hydrogen-bond donors (Lipinski definition) is 2. The van der Waals surface area contributed by atoms with Crippen LogP contribution in [0.2, 0.25) is 5.02 Å². The molecule has 0 aliphatic carbocycles. The van der Waals surface area contributed by atoms with E-state index in [0.717, 1.165) is 32.7 Å². The molecule has 2 N–H and O–H groups in total. The van der Waals surface area contributed by atoms with Gasteiger partial charge in [0, 0.05) is 43.4 Å². The molecule has 3 heterocycles. The molecule has 34 heavy (non-hydrogen) atoms. The molecule has 1 saturated heterocycles. The summed E-state index contributed by atoms with van der Waals surface area (Å²) in [4.78, 5) is 38.7. The monoisotopic (exact) mass is 496 g/mol. The maximum atomic E-state index is 12.6. The number of aromatic nitrogens is 2. The van der Waals surface area contributed by atoms with Crippen LogP contribution in [0.1, 0.15) is 20.2 Å². The Balaban J connectivity index is 1.33. The molecule has 0 unspecified atom stereocenters. The number of hydrogen-bond acceptors (Lipinski definition) is 8. The van der Waals surface area contributed by atoms with Crippen molar-refractivity contribution in [3.05, 3.63) is 76.4 Å². The van der Waals surface area contributed by atoms with Crippen molar-refractivity contribution in [1.82, 2.24) is 19.8 Å². The minimum absolute atomic E-state index is 0.154. The molecule has 4 rings (SSSR count). The highest BCUT2D eigenvalue weighted by Gasteiger charge is 2.14. The standard InChI is InChI=1S/C24H25ClN6O2S/c1-30-11-13-31(14-12-30)10-4-8-20(32)19-7-3-9-22(28-19)29-24-26-16-21(34-24)23(33)27-18-6-2-5-17(25)15-18/h2-9,15-16H,10-14H2,1H3,(H,27,33)(H,26,28,29)/b8-4+. The zero-order valence-electron chi connectivity index (χ0n) is 18.7. The number of amides is 1. The smallest absolute Gasteiger partial charge is 0.267 e. The summed E-state index contributed by atoms with van der Waals surface area (Å²) in [5.41, 5.74) is 0.948. The van der Waals surface area contributed by atoms with Crippen molar-refractivity contribution >= 4 is 51.3 Å². The van der Waals surface area contributed by atoms with Crippen LogP contribution < -0.4 is 10.6 Å². The molecule has 0 saturated carbocycles. The van der Waals surface area contributed by atoms with Gasteiger partial charge in [-0.15, -0.1) is 0 Å². The van der Waals surface area contributed by atoms with Crippen LogP contribution in [0.25, 0.3) is 0 Å². The number of halogens is 1. The van der Waals surface area contributed by atoms with Crippen molar-refractivity contribution in [3.63, 3.8) is 0 Å². The van der Waals surface area contributed by atoms with Gasteiger partial charge in [0.05, 0.1) is 6.20 Å². The van der Waals surface area contributed by atoms with E-state index in [1.165, 1.54) is 17.5 Å². The van der Waals surface area contributed by atoms with Crippen LogP contribution in [0, 0.1) is 0 Å². The quantitative estimate of drug-likeness (QED) is 0.357. The van der Waals surface area contributed by atoms with E-state index in [1.54, 1.807) is 48.5 Å². The number of piperazine rings is 1. The van der Waals surface area contributed by atoms with Gasteiger partial charge in [-0.3, -0.25) is 14.5 Å². The summed E-state index contributed by atoms with van der Waals surface area (Å²) in [5, 5.41) is 6.90. The maximum absolute atomic E-state index is 12.6. The van der Waals surface area contributed by atoms with Crippen molar-refractivity contribution in [2.75, 3.05) is 50.4 Å². The van der Waals surface area contributed by atoms with Crippen LogP contribution >= 0.6 is 22.9 Å². The number of carbonyl (C=O) groups excluding carboxylic acids is 2. The molecule has 1 aliphatic rings. The maximum Gasteiger partial charge on any atom is 0.267 e. The predicted octanol–water partition coefficient (Wildman–Crippen LogP) is 4.17. The SMILES string of the molecule is CN1CCN(C/C=C/C(=O)c2cccc(Nc3ncc(C(=O)Nc4cccc(Cl)c4)s3)n2)CC1. The number of ketones is 1. The van der Waals surface area contributed by atoms with Crippen molar-refractivity contribution in [3.8, 4) is 0 Å². The summed E-state index contributed by atoms with van der Waals surface area (Å²) < 4.78 is 0. The molecule has 0 atom stereocenters. The molecule has 0 spiro atoms. The van der Waals surface area contributed by atoms with Gasteiger partial charge in [0.15, 0.2) is 5.13 Å². The van der Waals surface area contributed by atoms with E-state index in [1.807, 2.05) is 6.08 Å². The van der Waals surface area contributed by atoms with Gasteiger partial charge in [0.1, 0.15) is 16.4 Å². The Labute approximate surface area is 207 Å². The summed E-state index contributed by atoms with van der Waals surface area (Å²) >= 11 is 7.15. The second-order valence-corrected chi connectivity index (χ2v) is 9.36. The molecule has 2 aromatic heterocycles. The largest absolute Gasteiger partial charge is 0.321 e.